The topological polar surface area (TPSA) is 55.8 Å². The number of hydrogen-bond acceptors (Lipinski definition) is 5. The summed E-state index contributed by atoms with van der Waals surface area (Å²) in [7, 11) is 1.61. The molecular weight excluding hydrogens is 290 g/mol. The van der Waals surface area contributed by atoms with Crippen molar-refractivity contribution in [2.75, 3.05) is 26.0 Å². The van der Waals surface area contributed by atoms with E-state index >= 15 is 0 Å². The maximum atomic E-state index is 12.0. The summed E-state index contributed by atoms with van der Waals surface area (Å²) >= 11 is 1.55. The zero-order chi connectivity index (χ0) is 15.2. The summed E-state index contributed by atoms with van der Waals surface area (Å²) < 4.78 is 10.3. The molecule has 1 aliphatic rings. The lowest BCUT2D eigenvalue weighted by Crippen LogP contribution is -2.31. The molecule has 0 aromatic heterocycles. The first-order valence-corrected chi connectivity index (χ1v) is 7.91. The second-order valence-corrected chi connectivity index (χ2v) is 5.62. The molecule has 21 heavy (non-hydrogen) atoms. The number of methoxy groups -OCH3 is 1. The van der Waals surface area contributed by atoms with Crippen molar-refractivity contribution in [3.05, 3.63) is 29.8 Å². The van der Waals surface area contributed by atoms with Crippen molar-refractivity contribution in [3.8, 4) is 5.75 Å². The Morgan fingerprint density at radius 1 is 1.43 bits per heavy atom. The van der Waals surface area contributed by atoms with Gasteiger partial charge >= 0.3 is 5.97 Å². The zero-order valence-corrected chi connectivity index (χ0v) is 13.0. The van der Waals surface area contributed by atoms with Crippen LogP contribution in [-0.2, 0) is 14.3 Å². The molecule has 1 aromatic carbocycles. The van der Waals surface area contributed by atoms with E-state index in [-0.39, 0.29) is 23.7 Å². The number of thioether (sulfide) groups is 1. The van der Waals surface area contributed by atoms with Crippen LogP contribution >= 0.6 is 11.8 Å². The third kappa shape index (κ3) is 3.69. The second kappa shape index (κ2) is 7.36. The van der Waals surface area contributed by atoms with E-state index in [9.17, 15) is 9.59 Å². The fourth-order valence-electron chi connectivity index (χ4n) is 2.27. The Morgan fingerprint density at radius 2 is 2.19 bits per heavy atom. The van der Waals surface area contributed by atoms with E-state index < -0.39 is 0 Å². The smallest absolute Gasteiger partial charge is 0.307 e. The monoisotopic (exact) mass is 309 g/mol. The number of rotatable bonds is 6. The SMILES string of the molecule is CCOC(=O)CCN1C(=O)CSC1c1ccccc1OC. The van der Waals surface area contributed by atoms with Crippen LogP contribution in [0.25, 0.3) is 0 Å². The van der Waals surface area contributed by atoms with Gasteiger partial charge in [-0.1, -0.05) is 18.2 Å². The summed E-state index contributed by atoms with van der Waals surface area (Å²) in [6.45, 7) is 2.50. The van der Waals surface area contributed by atoms with Gasteiger partial charge in [-0.2, -0.15) is 0 Å². The minimum atomic E-state index is -0.277. The van der Waals surface area contributed by atoms with Crippen molar-refractivity contribution >= 4 is 23.6 Å². The molecule has 0 bridgehead atoms. The number of amides is 1. The predicted molar refractivity (Wildman–Crippen MR) is 81.2 cm³/mol. The normalized spacial score (nSPS) is 17.9. The van der Waals surface area contributed by atoms with Crippen molar-refractivity contribution in [1.29, 1.82) is 0 Å². The first kappa shape index (κ1) is 15.7. The molecule has 1 saturated heterocycles. The average molecular weight is 309 g/mol. The van der Waals surface area contributed by atoms with Crippen molar-refractivity contribution in [2.45, 2.75) is 18.7 Å². The van der Waals surface area contributed by atoms with Crippen molar-refractivity contribution in [1.82, 2.24) is 4.90 Å². The van der Waals surface area contributed by atoms with Gasteiger partial charge in [-0.15, -0.1) is 11.8 Å². The van der Waals surface area contributed by atoms with Crippen LogP contribution in [0.2, 0.25) is 0 Å². The Kier molecular flexibility index (Phi) is 5.50. The lowest BCUT2D eigenvalue weighted by Gasteiger charge is -2.25. The third-order valence-electron chi connectivity index (χ3n) is 3.24. The van der Waals surface area contributed by atoms with E-state index in [1.807, 2.05) is 24.3 Å². The number of hydrogen-bond donors (Lipinski definition) is 0. The molecular formula is C15H19NO4S. The van der Waals surface area contributed by atoms with E-state index in [0.717, 1.165) is 11.3 Å². The fraction of sp³-hybridized carbons (Fsp3) is 0.467. The lowest BCUT2D eigenvalue weighted by atomic mass is 10.1. The Labute approximate surface area is 128 Å². The highest BCUT2D eigenvalue weighted by atomic mass is 32.2. The molecule has 1 amide bonds. The largest absolute Gasteiger partial charge is 0.496 e. The highest BCUT2D eigenvalue weighted by Gasteiger charge is 2.34. The van der Waals surface area contributed by atoms with Crippen molar-refractivity contribution in [3.63, 3.8) is 0 Å². The molecule has 1 aliphatic heterocycles. The molecule has 0 spiro atoms. The molecule has 1 aromatic rings. The molecule has 1 atom stereocenters. The molecule has 1 fully saturated rings. The summed E-state index contributed by atoms with van der Waals surface area (Å²) in [5.41, 5.74) is 0.958. The number of nitrogens with zero attached hydrogens (tertiary/aromatic N) is 1. The minimum absolute atomic E-state index is 0.0419. The highest BCUT2D eigenvalue weighted by Crippen LogP contribution is 2.42. The van der Waals surface area contributed by atoms with Crippen LogP contribution in [0.4, 0.5) is 0 Å². The first-order valence-electron chi connectivity index (χ1n) is 6.87. The van der Waals surface area contributed by atoms with Crippen molar-refractivity contribution in [2.24, 2.45) is 0 Å². The van der Waals surface area contributed by atoms with Crippen LogP contribution in [-0.4, -0.2) is 42.8 Å². The maximum absolute atomic E-state index is 12.0. The minimum Gasteiger partial charge on any atom is -0.496 e. The summed E-state index contributed by atoms with van der Waals surface area (Å²) in [6, 6.07) is 7.64. The van der Waals surface area contributed by atoms with Gasteiger partial charge in [0.05, 0.1) is 25.9 Å². The van der Waals surface area contributed by atoms with Gasteiger partial charge < -0.3 is 14.4 Å². The number of benzene rings is 1. The van der Waals surface area contributed by atoms with Crippen LogP contribution in [0, 0.1) is 0 Å². The van der Waals surface area contributed by atoms with Gasteiger partial charge in [-0.05, 0) is 13.0 Å². The van der Waals surface area contributed by atoms with Gasteiger partial charge in [0, 0.05) is 12.1 Å². The lowest BCUT2D eigenvalue weighted by molar-refractivity contribution is -0.143. The molecule has 0 radical (unpaired) electrons. The summed E-state index contributed by atoms with van der Waals surface area (Å²) in [5, 5.41) is -0.108. The number of esters is 1. The van der Waals surface area contributed by atoms with Crippen LogP contribution in [0.3, 0.4) is 0 Å². The molecule has 6 heteroatoms. The molecule has 2 rings (SSSR count). The van der Waals surface area contributed by atoms with Crippen LogP contribution in [0.1, 0.15) is 24.3 Å². The first-order chi connectivity index (χ1) is 10.2. The van der Waals surface area contributed by atoms with Gasteiger partial charge in [0.25, 0.3) is 0 Å². The average Bonchev–Trinajstić information content (AvgIpc) is 2.86. The highest BCUT2D eigenvalue weighted by molar-refractivity contribution is 8.00. The van der Waals surface area contributed by atoms with Crippen LogP contribution < -0.4 is 4.74 Å². The predicted octanol–water partition coefficient (Wildman–Crippen LogP) is 2.22. The van der Waals surface area contributed by atoms with Gasteiger partial charge in [0.1, 0.15) is 11.1 Å². The van der Waals surface area contributed by atoms with Gasteiger partial charge in [-0.25, -0.2) is 0 Å². The van der Waals surface area contributed by atoms with E-state index in [1.54, 1.807) is 30.7 Å². The Morgan fingerprint density at radius 3 is 2.90 bits per heavy atom. The molecule has 114 valence electrons. The molecule has 1 unspecified atom stereocenters. The van der Waals surface area contributed by atoms with E-state index in [1.165, 1.54) is 0 Å². The van der Waals surface area contributed by atoms with Crippen molar-refractivity contribution < 1.29 is 19.1 Å². The number of para-hydroxylation sites is 1. The molecule has 0 N–H and O–H groups in total. The zero-order valence-electron chi connectivity index (χ0n) is 12.2. The summed E-state index contributed by atoms with van der Waals surface area (Å²) in [5.74, 6) is 0.943. The maximum Gasteiger partial charge on any atom is 0.307 e. The molecule has 0 saturated carbocycles. The molecule has 5 nitrogen and oxygen atoms in total. The Bertz CT molecular complexity index is 520. The van der Waals surface area contributed by atoms with Gasteiger partial charge in [-0.3, -0.25) is 9.59 Å². The standard InChI is InChI=1S/C15H19NO4S/c1-3-20-14(18)8-9-16-13(17)10-21-15(16)11-6-4-5-7-12(11)19-2/h4-7,15H,3,8-10H2,1-2H3. The quantitative estimate of drug-likeness (QED) is 0.754. The Hall–Kier alpha value is -1.69. The summed E-state index contributed by atoms with van der Waals surface area (Å²) in [6.07, 6.45) is 0.214. The summed E-state index contributed by atoms with van der Waals surface area (Å²) in [4.78, 5) is 25.2. The fourth-order valence-corrected chi connectivity index (χ4v) is 3.51. The second-order valence-electron chi connectivity index (χ2n) is 4.55. The van der Waals surface area contributed by atoms with Crippen LogP contribution in [0.5, 0.6) is 5.75 Å². The third-order valence-corrected chi connectivity index (χ3v) is 4.47. The molecule has 0 aliphatic carbocycles. The number of carbonyl (C=O) groups is 2. The number of ether oxygens (including phenoxy) is 2. The molecule has 1 heterocycles. The van der Waals surface area contributed by atoms with E-state index in [0.29, 0.717) is 18.9 Å². The van der Waals surface area contributed by atoms with Gasteiger partial charge in [0.15, 0.2) is 0 Å². The van der Waals surface area contributed by atoms with E-state index in [4.69, 9.17) is 9.47 Å². The van der Waals surface area contributed by atoms with Crippen LogP contribution in [0.15, 0.2) is 24.3 Å². The van der Waals surface area contributed by atoms with Gasteiger partial charge in [0.2, 0.25) is 5.91 Å². The Balaban J connectivity index is 2.11. The van der Waals surface area contributed by atoms with E-state index in [2.05, 4.69) is 0 Å². The number of carbonyl (C=O) groups excluding carboxylic acids is 2.